The Kier molecular flexibility index (Phi) is 16.6. The van der Waals surface area contributed by atoms with Crippen LogP contribution >= 0.6 is 0 Å². The van der Waals surface area contributed by atoms with E-state index in [-0.39, 0.29) is 18.4 Å². The first-order valence-corrected chi connectivity index (χ1v) is 8.59. The standard InChI is InChI=1S/C18H36NO2.ClH/c1-5-6-7-8-9-10-11-12-13-17-21-18(20)15-14-16-19(2,3)4;/h14-15H,5-13,16-17H2,1-4H3;1H/q+1;/p-1/b15-14+;. The molecule has 0 N–H and O–H groups in total. The van der Waals surface area contributed by atoms with Crippen molar-refractivity contribution in [3.63, 3.8) is 0 Å². The summed E-state index contributed by atoms with van der Waals surface area (Å²) in [4.78, 5) is 11.4. The van der Waals surface area contributed by atoms with E-state index in [1.807, 2.05) is 6.08 Å². The number of halogens is 1. The molecule has 0 aromatic rings. The van der Waals surface area contributed by atoms with E-state index >= 15 is 0 Å². The molecule has 0 bridgehead atoms. The van der Waals surface area contributed by atoms with Crippen LogP contribution in [0.15, 0.2) is 12.2 Å². The number of hydrogen-bond acceptors (Lipinski definition) is 2. The number of carbonyl (C=O) groups excluding carboxylic acids is 1. The highest BCUT2D eigenvalue weighted by atomic mass is 35.5. The van der Waals surface area contributed by atoms with E-state index in [0.29, 0.717) is 6.61 Å². The first-order chi connectivity index (χ1) is 9.95. The van der Waals surface area contributed by atoms with Gasteiger partial charge in [0.25, 0.3) is 0 Å². The SMILES string of the molecule is CCCCCCCCCCCOC(=O)/C=C/C[N+](C)(C)C.[Cl-]. The lowest BCUT2D eigenvalue weighted by Crippen LogP contribution is -3.00. The van der Waals surface area contributed by atoms with Crippen LogP contribution in [0.1, 0.15) is 64.7 Å². The third kappa shape index (κ3) is 19.5. The molecule has 0 aromatic heterocycles. The molecular weight excluding hydrogens is 298 g/mol. The maximum atomic E-state index is 11.4. The molecular formula is C18H36ClNO2. The minimum atomic E-state index is -0.206. The number of ether oxygens (including phenoxy) is 1. The molecule has 0 aliphatic heterocycles. The molecule has 132 valence electrons. The topological polar surface area (TPSA) is 26.3 Å². The van der Waals surface area contributed by atoms with Gasteiger partial charge >= 0.3 is 5.97 Å². The summed E-state index contributed by atoms with van der Waals surface area (Å²) in [5.74, 6) is -0.206. The predicted octanol–water partition coefficient (Wildman–Crippen LogP) is 1.33. The van der Waals surface area contributed by atoms with E-state index in [1.165, 1.54) is 51.4 Å². The molecule has 0 aliphatic rings. The molecule has 0 rings (SSSR count). The van der Waals surface area contributed by atoms with E-state index in [9.17, 15) is 4.79 Å². The molecule has 0 spiro atoms. The Balaban J connectivity index is 0. The van der Waals surface area contributed by atoms with Gasteiger partial charge in [-0.1, -0.05) is 58.3 Å². The second-order valence-corrected chi connectivity index (χ2v) is 6.87. The van der Waals surface area contributed by atoms with Crippen LogP contribution in [0.25, 0.3) is 0 Å². The van der Waals surface area contributed by atoms with Crippen molar-refractivity contribution in [2.45, 2.75) is 64.7 Å². The fourth-order valence-electron chi connectivity index (χ4n) is 2.10. The second-order valence-electron chi connectivity index (χ2n) is 6.87. The van der Waals surface area contributed by atoms with Crippen molar-refractivity contribution < 1.29 is 26.4 Å². The minimum Gasteiger partial charge on any atom is -1.00 e. The number of esters is 1. The first-order valence-electron chi connectivity index (χ1n) is 8.59. The molecule has 0 heterocycles. The van der Waals surface area contributed by atoms with Crippen LogP contribution in [0.4, 0.5) is 0 Å². The van der Waals surface area contributed by atoms with Gasteiger partial charge in [0.1, 0.15) is 0 Å². The van der Waals surface area contributed by atoms with Crippen molar-refractivity contribution in [2.24, 2.45) is 0 Å². The van der Waals surface area contributed by atoms with Gasteiger partial charge in [-0.3, -0.25) is 0 Å². The Morgan fingerprint density at radius 2 is 1.41 bits per heavy atom. The molecule has 0 aliphatic carbocycles. The monoisotopic (exact) mass is 333 g/mol. The highest BCUT2D eigenvalue weighted by Crippen LogP contribution is 2.09. The van der Waals surface area contributed by atoms with Gasteiger partial charge < -0.3 is 21.6 Å². The van der Waals surface area contributed by atoms with Crippen molar-refractivity contribution in [3.8, 4) is 0 Å². The lowest BCUT2D eigenvalue weighted by atomic mass is 10.1. The summed E-state index contributed by atoms with van der Waals surface area (Å²) in [5, 5.41) is 0. The zero-order valence-electron chi connectivity index (χ0n) is 15.1. The number of likely N-dealkylation sites (N-methyl/N-ethyl adjacent to an activating group) is 1. The summed E-state index contributed by atoms with van der Waals surface area (Å²) in [5.41, 5.74) is 0. The maximum absolute atomic E-state index is 11.4. The Bertz CT molecular complexity index is 285. The number of quaternary nitrogens is 1. The zero-order chi connectivity index (χ0) is 16.0. The number of rotatable bonds is 13. The number of carbonyl (C=O) groups is 1. The van der Waals surface area contributed by atoms with Gasteiger partial charge in [0.15, 0.2) is 0 Å². The van der Waals surface area contributed by atoms with E-state index in [2.05, 4.69) is 28.1 Å². The summed E-state index contributed by atoms with van der Waals surface area (Å²) in [6.45, 7) is 3.65. The van der Waals surface area contributed by atoms with Gasteiger partial charge in [0.2, 0.25) is 0 Å². The fourth-order valence-corrected chi connectivity index (χ4v) is 2.10. The molecule has 4 heteroatoms. The second kappa shape index (κ2) is 15.4. The average Bonchev–Trinajstić information content (AvgIpc) is 2.39. The summed E-state index contributed by atoms with van der Waals surface area (Å²) >= 11 is 0. The molecule has 0 aromatic carbocycles. The van der Waals surface area contributed by atoms with Crippen LogP contribution in [0.3, 0.4) is 0 Å². The summed E-state index contributed by atoms with van der Waals surface area (Å²) < 4.78 is 6.01. The van der Waals surface area contributed by atoms with E-state index < -0.39 is 0 Å². The van der Waals surface area contributed by atoms with Crippen molar-refractivity contribution in [1.29, 1.82) is 0 Å². The number of hydrogen-bond donors (Lipinski definition) is 0. The Labute approximate surface area is 144 Å². The number of unbranched alkanes of at least 4 members (excludes halogenated alkanes) is 8. The van der Waals surface area contributed by atoms with Gasteiger partial charge in [0.05, 0.1) is 34.3 Å². The van der Waals surface area contributed by atoms with Crippen LogP contribution in [-0.2, 0) is 9.53 Å². The molecule has 3 nitrogen and oxygen atoms in total. The summed E-state index contributed by atoms with van der Waals surface area (Å²) in [6, 6.07) is 0. The van der Waals surface area contributed by atoms with Crippen molar-refractivity contribution in [1.82, 2.24) is 0 Å². The highest BCUT2D eigenvalue weighted by Gasteiger charge is 2.03. The van der Waals surface area contributed by atoms with Gasteiger partial charge in [-0.05, 0) is 12.5 Å². The molecule has 0 saturated carbocycles. The molecule has 22 heavy (non-hydrogen) atoms. The smallest absolute Gasteiger partial charge is 0.330 e. The van der Waals surface area contributed by atoms with Crippen LogP contribution in [0.5, 0.6) is 0 Å². The van der Waals surface area contributed by atoms with E-state index in [4.69, 9.17) is 4.74 Å². The lowest BCUT2D eigenvalue weighted by Gasteiger charge is -2.21. The van der Waals surface area contributed by atoms with Crippen molar-refractivity contribution >= 4 is 5.97 Å². The van der Waals surface area contributed by atoms with Gasteiger partial charge in [0, 0.05) is 6.08 Å². The molecule has 0 saturated heterocycles. The first kappa shape index (κ1) is 23.7. The molecule has 0 atom stereocenters. The zero-order valence-corrected chi connectivity index (χ0v) is 15.8. The largest absolute Gasteiger partial charge is 1.00 e. The third-order valence-electron chi connectivity index (χ3n) is 3.40. The predicted molar refractivity (Wildman–Crippen MR) is 90.2 cm³/mol. The third-order valence-corrected chi connectivity index (χ3v) is 3.40. The van der Waals surface area contributed by atoms with Crippen LogP contribution in [0.2, 0.25) is 0 Å². The quantitative estimate of drug-likeness (QED) is 0.220. The Hall–Kier alpha value is -0.540. The van der Waals surface area contributed by atoms with Gasteiger partial charge in [-0.15, -0.1) is 0 Å². The Morgan fingerprint density at radius 1 is 0.909 bits per heavy atom. The van der Waals surface area contributed by atoms with Crippen LogP contribution < -0.4 is 12.4 Å². The maximum Gasteiger partial charge on any atom is 0.330 e. The molecule has 0 unspecified atom stereocenters. The van der Waals surface area contributed by atoms with Crippen LogP contribution in [-0.4, -0.2) is 44.7 Å². The molecule has 0 amide bonds. The molecule has 0 radical (unpaired) electrons. The highest BCUT2D eigenvalue weighted by molar-refractivity contribution is 5.81. The number of nitrogens with zero attached hydrogens (tertiary/aromatic N) is 1. The normalized spacial score (nSPS) is 11.5. The van der Waals surface area contributed by atoms with Crippen molar-refractivity contribution in [3.05, 3.63) is 12.2 Å². The average molecular weight is 334 g/mol. The molecule has 0 fully saturated rings. The van der Waals surface area contributed by atoms with Gasteiger partial charge in [-0.2, -0.15) is 0 Å². The van der Waals surface area contributed by atoms with Crippen molar-refractivity contribution in [2.75, 3.05) is 34.3 Å². The Morgan fingerprint density at radius 3 is 1.91 bits per heavy atom. The van der Waals surface area contributed by atoms with E-state index in [0.717, 1.165) is 17.4 Å². The summed E-state index contributed by atoms with van der Waals surface area (Å²) in [6.07, 6.45) is 15.0. The fraction of sp³-hybridized carbons (Fsp3) is 0.833. The summed E-state index contributed by atoms with van der Waals surface area (Å²) in [7, 11) is 6.29. The van der Waals surface area contributed by atoms with E-state index in [1.54, 1.807) is 6.08 Å². The van der Waals surface area contributed by atoms with Gasteiger partial charge in [-0.25, -0.2) is 4.79 Å². The lowest BCUT2D eigenvalue weighted by molar-refractivity contribution is -0.864. The minimum absolute atomic E-state index is 0. The van der Waals surface area contributed by atoms with Crippen LogP contribution in [0, 0.1) is 0 Å².